The van der Waals surface area contributed by atoms with Crippen LogP contribution in [0.1, 0.15) is 47.4 Å². The fraction of sp³-hybridized carbons (Fsp3) is 0.286. The van der Waals surface area contributed by atoms with Crippen molar-refractivity contribution in [1.82, 2.24) is 0 Å². The third-order valence-corrected chi connectivity index (χ3v) is 3.71. The summed E-state index contributed by atoms with van der Waals surface area (Å²) >= 11 is 0. The number of benzene rings is 2. The number of ether oxygens (including phenoxy) is 2. The lowest BCUT2D eigenvalue weighted by atomic mass is 10.1. The van der Waals surface area contributed by atoms with Crippen molar-refractivity contribution in [1.29, 1.82) is 0 Å². The third-order valence-electron chi connectivity index (χ3n) is 3.71. The van der Waals surface area contributed by atoms with Gasteiger partial charge in [0.1, 0.15) is 11.3 Å². The van der Waals surface area contributed by atoms with Crippen molar-refractivity contribution in [3.63, 3.8) is 0 Å². The van der Waals surface area contributed by atoms with Crippen molar-refractivity contribution in [2.24, 2.45) is 0 Å². The second-order valence-corrected chi connectivity index (χ2v) is 5.80. The summed E-state index contributed by atoms with van der Waals surface area (Å²) in [5.74, 6) is -0.595. The number of para-hydroxylation sites is 1. The van der Waals surface area contributed by atoms with Crippen LogP contribution in [0.15, 0.2) is 48.5 Å². The first kappa shape index (κ1) is 20.2. The van der Waals surface area contributed by atoms with Gasteiger partial charge < -0.3 is 14.8 Å². The van der Waals surface area contributed by atoms with Gasteiger partial charge in [-0.05, 0) is 49.7 Å². The molecule has 0 radical (unpaired) electrons. The van der Waals surface area contributed by atoms with Gasteiger partial charge in [0.2, 0.25) is 5.91 Å². The van der Waals surface area contributed by atoms with Crippen molar-refractivity contribution in [3.05, 3.63) is 59.7 Å². The van der Waals surface area contributed by atoms with E-state index in [4.69, 9.17) is 9.47 Å². The number of rotatable bonds is 9. The molecule has 0 aliphatic rings. The summed E-state index contributed by atoms with van der Waals surface area (Å²) in [5.41, 5.74) is 1.29. The number of carbonyl (C=O) groups excluding carboxylic acids is 3. The zero-order chi connectivity index (χ0) is 19.6. The lowest BCUT2D eigenvalue weighted by Crippen LogP contribution is -2.15. The van der Waals surface area contributed by atoms with Crippen LogP contribution >= 0.6 is 0 Å². The van der Waals surface area contributed by atoms with E-state index in [9.17, 15) is 14.4 Å². The Morgan fingerprint density at radius 2 is 1.67 bits per heavy atom. The molecule has 0 heterocycles. The minimum absolute atomic E-state index is 0.0709. The van der Waals surface area contributed by atoms with Crippen molar-refractivity contribution >= 4 is 23.3 Å². The van der Waals surface area contributed by atoms with Gasteiger partial charge in [0.15, 0.2) is 12.4 Å². The summed E-state index contributed by atoms with van der Waals surface area (Å²) < 4.78 is 10.5. The van der Waals surface area contributed by atoms with Gasteiger partial charge in [-0.25, -0.2) is 4.79 Å². The minimum atomic E-state index is -0.615. The average Bonchev–Trinajstić information content (AvgIpc) is 2.67. The highest BCUT2D eigenvalue weighted by Gasteiger charge is 2.16. The van der Waals surface area contributed by atoms with Crippen LogP contribution in [0.3, 0.4) is 0 Å². The third kappa shape index (κ3) is 5.95. The molecular weight excluding hydrogens is 346 g/mol. The largest absolute Gasteiger partial charge is 0.493 e. The van der Waals surface area contributed by atoms with Crippen LogP contribution in [0, 0.1) is 0 Å². The van der Waals surface area contributed by atoms with Crippen LogP contribution in [0.25, 0.3) is 0 Å². The maximum absolute atomic E-state index is 12.2. The Hall–Kier alpha value is -3.15. The SMILES string of the molecule is CCCC(=O)Nc1ccc(C(=O)COC(=O)c2ccccc2OCC)cc1. The van der Waals surface area contributed by atoms with Crippen LogP contribution in [-0.4, -0.2) is 30.9 Å². The molecule has 1 amide bonds. The Morgan fingerprint density at radius 1 is 0.963 bits per heavy atom. The Bertz CT molecular complexity index is 798. The zero-order valence-corrected chi connectivity index (χ0v) is 15.5. The van der Waals surface area contributed by atoms with Crippen molar-refractivity contribution < 1.29 is 23.9 Å². The minimum Gasteiger partial charge on any atom is -0.493 e. The average molecular weight is 369 g/mol. The Balaban J connectivity index is 1.93. The van der Waals surface area contributed by atoms with Crippen molar-refractivity contribution in [3.8, 4) is 5.75 Å². The Labute approximate surface area is 158 Å². The number of amides is 1. The molecule has 0 atom stereocenters. The van der Waals surface area contributed by atoms with Crippen LogP contribution in [0.2, 0.25) is 0 Å². The fourth-order valence-corrected chi connectivity index (χ4v) is 2.40. The quantitative estimate of drug-likeness (QED) is 0.536. The highest BCUT2D eigenvalue weighted by molar-refractivity contribution is 6.00. The first-order valence-corrected chi connectivity index (χ1v) is 8.87. The van der Waals surface area contributed by atoms with Gasteiger partial charge in [0.25, 0.3) is 0 Å². The molecule has 27 heavy (non-hydrogen) atoms. The van der Waals surface area contributed by atoms with Gasteiger partial charge in [0.05, 0.1) is 6.61 Å². The predicted octanol–water partition coefficient (Wildman–Crippen LogP) is 3.86. The second kappa shape index (κ2) is 10.1. The molecule has 0 saturated carbocycles. The van der Waals surface area contributed by atoms with Gasteiger partial charge in [-0.3, -0.25) is 9.59 Å². The smallest absolute Gasteiger partial charge is 0.342 e. The highest BCUT2D eigenvalue weighted by atomic mass is 16.5. The number of esters is 1. The molecule has 0 fully saturated rings. The lowest BCUT2D eigenvalue weighted by Gasteiger charge is -2.10. The number of hydrogen-bond donors (Lipinski definition) is 1. The molecule has 0 aliphatic carbocycles. The van der Waals surface area contributed by atoms with E-state index in [2.05, 4.69) is 5.32 Å². The molecular formula is C21H23NO5. The van der Waals surface area contributed by atoms with E-state index in [0.717, 1.165) is 6.42 Å². The molecule has 0 unspecified atom stereocenters. The maximum Gasteiger partial charge on any atom is 0.342 e. The molecule has 2 rings (SSSR count). The van der Waals surface area contributed by atoms with E-state index in [1.54, 1.807) is 48.5 Å². The molecule has 0 spiro atoms. The summed E-state index contributed by atoms with van der Waals surface area (Å²) in [6.07, 6.45) is 1.21. The molecule has 6 nitrogen and oxygen atoms in total. The molecule has 0 aliphatic heterocycles. The Kier molecular flexibility index (Phi) is 7.55. The van der Waals surface area contributed by atoms with Crippen LogP contribution in [0.4, 0.5) is 5.69 Å². The monoisotopic (exact) mass is 369 g/mol. The van der Waals surface area contributed by atoms with E-state index in [1.807, 2.05) is 13.8 Å². The van der Waals surface area contributed by atoms with E-state index in [-0.39, 0.29) is 23.9 Å². The topological polar surface area (TPSA) is 81.7 Å². The molecule has 142 valence electrons. The molecule has 0 bridgehead atoms. The highest BCUT2D eigenvalue weighted by Crippen LogP contribution is 2.19. The normalized spacial score (nSPS) is 10.1. The number of hydrogen-bond acceptors (Lipinski definition) is 5. The van der Waals surface area contributed by atoms with E-state index < -0.39 is 5.97 Å². The molecule has 2 aromatic rings. The van der Waals surface area contributed by atoms with Gasteiger partial charge in [0, 0.05) is 17.7 Å². The summed E-state index contributed by atoms with van der Waals surface area (Å²) in [6, 6.07) is 13.2. The Morgan fingerprint density at radius 3 is 2.33 bits per heavy atom. The standard InChI is InChI=1S/C21H23NO5/c1-3-7-20(24)22-16-12-10-15(11-13-16)18(23)14-27-21(25)17-8-5-6-9-19(17)26-4-2/h5-6,8-13H,3-4,7,14H2,1-2H3,(H,22,24). The summed E-state index contributed by atoms with van der Waals surface area (Å²) in [6.45, 7) is 3.79. The molecule has 0 saturated heterocycles. The van der Waals surface area contributed by atoms with Crippen molar-refractivity contribution in [2.75, 3.05) is 18.5 Å². The van der Waals surface area contributed by atoms with Gasteiger partial charge >= 0.3 is 5.97 Å². The molecule has 1 N–H and O–H groups in total. The van der Waals surface area contributed by atoms with E-state index >= 15 is 0 Å². The van der Waals surface area contributed by atoms with Crippen LogP contribution in [-0.2, 0) is 9.53 Å². The van der Waals surface area contributed by atoms with Gasteiger partial charge in [-0.15, -0.1) is 0 Å². The number of nitrogens with one attached hydrogen (secondary N) is 1. The molecule has 0 aromatic heterocycles. The van der Waals surface area contributed by atoms with E-state index in [1.165, 1.54) is 0 Å². The van der Waals surface area contributed by atoms with Crippen LogP contribution in [0.5, 0.6) is 5.75 Å². The van der Waals surface area contributed by atoms with Crippen molar-refractivity contribution in [2.45, 2.75) is 26.7 Å². The summed E-state index contributed by atoms with van der Waals surface area (Å²) in [5, 5.41) is 2.75. The zero-order valence-electron chi connectivity index (χ0n) is 15.5. The first-order chi connectivity index (χ1) is 13.0. The fourth-order valence-electron chi connectivity index (χ4n) is 2.40. The molecule has 2 aromatic carbocycles. The van der Waals surface area contributed by atoms with Crippen LogP contribution < -0.4 is 10.1 Å². The van der Waals surface area contributed by atoms with E-state index in [0.29, 0.717) is 30.0 Å². The summed E-state index contributed by atoms with van der Waals surface area (Å²) in [4.78, 5) is 36.0. The van der Waals surface area contributed by atoms with Gasteiger partial charge in [-0.2, -0.15) is 0 Å². The number of carbonyl (C=O) groups is 3. The summed E-state index contributed by atoms with van der Waals surface area (Å²) in [7, 11) is 0. The maximum atomic E-state index is 12.2. The number of anilines is 1. The molecule has 6 heteroatoms. The van der Waals surface area contributed by atoms with Gasteiger partial charge in [-0.1, -0.05) is 19.1 Å². The number of ketones is 1. The number of Topliss-reactive ketones (excluding diaryl/α,β-unsaturated/α-hetero) is 1. The first-order valence-electron chi connectivity index (χ1n) is 8.87. The predicted molar refractivity (Wildman–Crippen MR) is 102 cm³/mol. The lowest BCUT2D eigenvalue weighted by molar-refractivity contribution is -0.116. The second-order valence-electron chi connectivity index (χ2n) is 5.80.